The maximum Gasteiger partial charge on any atom is 0.280 e. The second kappa shape index (κ2) is 6.76. The van der Waals surface area contributed by atoms with E-state index in [-0.39, 0.29) is 11.7 Å². The second-order valence-corrected chi connectivity index (χ2v) is 6.58. The molecule has 1 unspecified atom stereocenters. The standard InChI is InChI=1S/C18H18ClN5O2/c1-10(2)17(25)21-16-15(23-7-5-6-20-23)18(26)24(22-16)14-12(4)8-11(3)9-13(14)19/h5-9,15H,1H2,2-4H3,(H,21,22,25). The number of benzene rings is 1. The number of nitrogens with one attached hydrogen (secondary N) is 1. The number of hydrogen-bond donors (Lipinski definition) is 1. The Balaban J connectivity index is 2.07. The Labute approximate surface area is 155 Å². The lowest BCUT2D eigenvalue weighted by atomic mass is 10.1. The van der Waals surface area contributed by atoms with Crippen molar-refractivity contribution >= 4 is 34.9 Å². The summed E-state index contributed by atoms with van der Waals surface area (Å²) in [4.78, 5) is 25.1. The van der Waals surface area contributed by atoms with Crippen LogP contribution >= 0.6 is 11.6 Å². The molecule has 1 aromatic carbocycles. The van der Waals surface area contributed by atoms with Gasteiger partial charge in [-0.25, -0.2) is 0 Å². The normalized spacial score (nSPS) is 16.6. The summed E-state index contributed by atoms with van der Waals surface area (Å²) >= 11 is 6.37. The molecule has 7 nitrogen and oxygen atoms in total. The van der Waals surface area contributed by atoms with Crippen LogP contribution in [0.3, 0.4) is 0 Å². The van der Waals surface area contributed by atoms with Crippen molar-refractivity contribution in [2.24, 2.45) is 5.10 Å². The fourth-order valence-electron chi connectivity index (χ4n) is 2.77. The van der Waals surface area contributed by atoms with Crippen molar-refractivity contribution in [1.29, 1.82) is 0 Å². The van der Waals surface area contributed by atoms with Crippen LogP contribution < -0.4 is 10.3 Å². The number of halogens is 1. The number of amides is 2. The molecule has 0 bridgehead atoms. The summed E-state index contributed by atoms with van der Waals surface area (Å²) in [5.41, 5.74) is 2.58. The predicted octanol–water partition coefficient (Wildman–Crippen LogP) is 2.75. The van der Waals surface area contributed by atoms with E-state index < -0.39 is 11.9 Å². The molecular formula is C18H18ClN5O2. The molecular weight excluding hydrogens is 354 g/mol. The van der Waals surface area contributed by atoms with Crippen LogP contribution in [-0.4, -0.2) is 27.4 Å². The molecule has 1 atom stereocenters. The Kier molecular flexibility index (Phi) is 4.65. The second-order valence-electron chi connectivity index (χ2n) is 6.17. The molecule has 1 aromatic heterocycles. The van der Waals surface area contributed by atoms with Crippen LogP contribution in [0.25, 0.3) is 0 Å². The molecule has 1 aliphatic rings. The van der Waals surface area contributed by atoms with E-state index in [9.17, 15) is 9.59 Å². The molecule has 0 saturated carbocycles. The third kappa shape index (κ3) is 3.13. The first kappa shape index (κ1) is 17.9. The van der Waals surface area contributed by atoms with Gasteiger partial charge in [0.25, 0.3) is 11.8 Å². The van der Waals surface area contributed by atoms with Crippen molar-refractivity contribution in [3.05, 3.63) is 58.9 Å². The number of aromatic nitrogens is 2. The summed E-state index contributed by atoms with van der Waals surface area (Å²) in [5.74, 6) is -0.607. The zero-order valence-corrected chi connectivity index (χ0v) is 15.4. The van der Waals surface area contributed by atoms with Gasteiger partial charge in [0.15, 0.2) is 11.9 Å². The third-order valence-corrected chi connectivity index (χ3v) is 4.23. The Morgan fingerprint density at radius 3 is 2.65 bits per heavy atom. The summed E-state index contributed by atoms with van der Waals surface area (Å²) in [6, 6.07) is 4.49. The molecule has 2 amide bonds. The van der Waals surface area contributed by atoms with Crippen molar-refractivity contribution in [2.75, 3.05) is 5.01 Å². The lowest BCUT2D eigenvalue weighted by Gasteiger charge is -2.18. The number of hydrazone groups is 1. The van der Waals surface area contributed by atoms with Crippen molar-refractivity contribution in [1.82, 2.24) is 15.1 Å². The van der Waals surface area contributed by atoms with Gasteiger partial charge in [0.1, 0.15) is 0 Å². The van der Waals surface area contributed by atoms with Gasteiger partial charge in [0, 0.05) is 18.0 Å². The summed E-state index contributed by atoms with van der Waals surface area (Å²) in [6.07, 6.45) is 3.19. The first-order valence-electron chi connectivity index (χ1n) is 7.94. The number of rotatable bonds is 3. The molecule has 0 aliphatic carbocycles. The van der Waals surface area contributed by atoms with Crippen molar-refractivity contribution in [3.63, 3.8) is 0 Å². The predicted molar refractivity (Wildman–Crippen MR) is 100 cm³/mol. The highest BCUT2D eigenvalue weighted by atomic mass is 35.5. The minimum Gasteiger partial charge on any atom is -0.307 e. The van der Waals surface area contributed by atoms with E-state index in [1.165, 1.54) is 9.69 Å². The molecule has 0 radical (unpaired) electrons. The highest BCUT2D eigenvalue weighted by molar-refractivity contribution is 6.34. The van der Waals surface area contributed by atoms with E-state index in [1.54, 1.807) is 31.5 Å². The van der Waals surface area contributed by atoms with Gasteiger partial charge in [0.2, 0.25) is 0 Å². The van der Waals surface area contributed by atoms with Crippen LogP contribution in [0.15, 0.2) is 47.8 Å². The van der Waals surface area contributed by atoms with Gasteiger partial charge < -0.3 is 5.32 Å². The molecule has 1 aliphatic heterocycles. The highest BCUT2D eigenvalue weighted by Gasteiger charge is 2.40. The molecule has 26 heavy (non-hydrogen) atoms. The Morgan fingerprint density at radius 1 is 1.35 bits per heavy atom. The maximum atomic E-state index is 13.1. The van der Waals surface area contributed by atoms with Crippen LogP contribution in [0, 0.1) is 13.8 Å². The first-order valence-corrected chi connectivity index (χ1v) is 8.32. The largest absolute Gasteiger partial charge is 0.307 e. The van der Waals surface area contributed by atoms with Gasteiger partial charge >= 0.3 is 0 Å². The lowest BCUT2D eigenvalue weighted by Crippen LogP contribution is -2.38. The van der Waals surface area contributed by atoms with Gasteiger partial charge in [-0.05, 0) is 44.0 Å². The minimum absolute atomic E-state index is 0.169. The number of nitrogens with zero attached hydrogens (tertiary/aromatic N) is 4. The van der Waals surface area contributed by atoms with Crippen LogP contribution in [0.1, 0.15) is 24.1 Å². The molecule has 0 spiro atoms. The molecule has 2 heterocycles. The topological polar surface area (TPSA) is 79.6 Å². The maximum absolute atomic E-state index is 13.1. The van der Waals surface area contributed by atoms with Crippen LogP contribution in [-0.2, 0) is 9.59 Å². The van der Waals surface area contributed by atoms with E-state index in [1.807, 2.05) is 19.9 Å². The fourth-order valence-corrected chi connectivity index (χ4v) is 3.17. The average molecular weight is 372 g/mol. The summed E-state index contributed by atoms with van der Waals surface area (Å²) in [7, 11) is 0. The Morgan fingerprint density at radius 2 is 2.08 bits per heavy atom. The van der Waals surface area contributed by atoms with E-state index in [0.29, 0.717) is 16.3 Å². The van der Waals surface area contributed by atoms with Crippen LogP contribution in [0.2, 0.25) is 5.02 Å². The van der Waals surface area contributed by atoms with Crippen molar-refractivity contribution < 1.29 is 9.59 Å². The number of hydrogen-bond acceptors (Lipinski definition) is 4. The molecule has 1 N–H and O–H groups in total. The van der Waals surface area contributed by atoms with Crippen molar-refractivity contribution in [2.45, 2.75) is 26.8 Å². The lowest BCUT2D eigenvalue weighted by molar-refractivity contribution is -0.119. The average Bonchev–Trinajstić information content (AvgIpc) is 3.15. The SMILES string of the molecule is C=C(C)C(=O)NC1=NN(c2c(C)cc(C)cc2Cl)C(=O)C1n1cccn1. The van der Waals surface area contributed by atoms with Crippen molar-refractivity contribution in [3.8, 4) is 0 Å². The number of carbonyl (C=O) groups excluding carboxylic acids is 2. The molecule has 3 rings (SSSR count). The number of amidine groups is 1. The van der Waals surface area contributed by atoms with E-state index in [2.05, 4.69) is 22.1 Å². The number of aryl methyl sites for hydroxylation is 2. The summed E-state index contributed by atoms with van der Waals surface area (Å²) in [6.45, 7) is 8.96. The zero-order chi connectivity index (χ0) is 19.0. The molecule has 8 heteroatoms. The van der Waals surface area contributed by atoms with Gasteiger partial charge in [-0.1, -0.05) is 24.2 Å². The molecule has 134 valence electrons. The van der Waals surface area contributed by atoms with E-state index >= 15 is 0 Å². The van der Waals surface area contributed by atoms with E-state index in [0.717, 1.165) is 11.1 Å². The van der Waals surface area contributed by atoms with Crippen LogP contribution in [0.4, 0.5) is 5.69 Å². The first-order chi connectivity index (χ1) is 12.3. The highest BCUT2D eigenvalue weighted by Crippen LogP contribution is 2.35. The van der Waals surface area contributed by atoms with Crippen LogP contribution in [0.5, 0.6) is 0 Å². The zero-order valence-electron chi connectivity index (χ0n) is 14.7. The van der Waals surface area contributed by atoms with Gasteiger partial charge in [-0.15, -0.1) is 5.10 Å². The Hall–Kier alpha value is -2.93. The summed E-state index contributed by atoms with van der Waals surface area (Å²) in [5, 5.41) is 12.7. The number of anilines is 1. The fraction of sp³-hybridized carbons (Fsp3) is 0.222. The van der Waals surface area contributed by atoms with Gasteiger partial charge in [-0.2, -0.15) is 10.1 Å². The minimum atomic E-state index is -0.884. The smallest absolute Gasteiger partial charge is 0.280 e. The van der Waals surface area contributed by atoms with Gasteiger partial charge in [-0.3, -0.25) is 14.3 Å². The Bertz CT molecular complexity index is 910. The quantitative estimate of drug-likeness (QED) is 0.842. The molecule has 0 saturated heterocycles. The monoisotopic (exact) mass is 371 g/mol. The molecule has 0 fully saturated rings. The third-order valence-electron chi connectivity index (χ3n) is 3.94. The van der Waals surface area contributed by atoms with E-state index in [4.69, 9.17) is 11.6 Å². The molecule has 2 aromatic rings. The number of carbonyl (C=O) groups is 2. The van der Waals surface area contributed by atoms with Gasteiger partial charge in [0.05, 0.1) is 10.7 Å². The summed E-state index contributed by atoms with van der Waals surface area (Å²) < 4.78 is 1.44.